The first-order valence-corrected chi connectivity index (χ1v) is 6.43. The molecule has 1 aromatic carbocycles. The fraction of sp³-hybridized carbons (Fsp3) is 0.333. The van der Waals surface area contributed by atoms with Crippen LogP contribution in [0, 0.1) is 13.8 Å². The van der Waals surface area contributed by atoms with E-state index in [2.05, 4.69) is 53.5 Å². The molecule has 0 spiro atoms. The fourth-order valence-corrected chi connectivity index (χ4v) is 2.31. The molecule has 3 aromatic rings. The lowest BCUT2D eigenvalue weighted by molar-refractivity contribution is 0.898. The maximum atomic E-state index is 4.57. The molecule has 3 heteroatoms. The lowest BCUT2D eigenvalue weighted by Gasteiger charge is -2.02. The highest BCUT2D eigenvalue weighted by Gasteiger charge is 2.07. The van der Waals surface area contributed by atoms with Crippen molar-refractivity contribution in [2.45, 2.75) is 33.6 Å². The Hall–Kier alpha value is -1.90. The Morgan fingerprint density at radius 1 is 1.17 bits per heavy atom. The quantitative estimate of drug-likeness (QED) is 0.685. The van der Waals surface area contributed by atoms with Crippen LogP contribution in [0.15, 0.2) is 24.5 Å². The van der Waals surface area contributed by atoms with Crippen LogP contribution in [0.3, 0.4) is 0 Å². The Balaban J connectivity index is 2.32. The highest BCUT2D eigenvalue weighted by Crippen LogP contribution is 2.20. The molecule has 0 saturated carbocycles. The SMILES string of the molecule is CCCc1cnc2nc3cc(C)c(C)cc3n2c1. The van der Waals surface area contributed by atoms with Crippen molar-refractivity contribution >= 4 is 16.8 Å². The average molecular weight is 239 g/mol. The molecule has 0 unspecified atom stereocenters. The van der Waals surface area contributed by atoms with E-state index < -0.39 is 0 Å². The highest BCUT2D eigenvalue weighted by atomic mass is 15.1. The van der Waals surface area contributed by atoms with Gasteiger partial charge in [-0.3, -0.25) is 4.40 Å². The van der Waals surface area contributed by atoms with Gasteiger partial charge in [0.05, 0.1) is 11.0 Å². The van der Waals surface area contributed by atoms with Gasteiger partial charge in [-0.15, -0.1) is 0 Å². The van der Waals surface area contributed by atoms with Crippen LogP contribution >= 0.6 is 0 Å². The molecule has 0 aliphatic heterocycles. The second-order valence-corrected chi connectivity index (χ2v) is 4.92. The van der Waals surface area contributed by atoms with Crippen LogP contribution in [0.1, 0.15) is 30.0 Å². The van der Waals surface area contributed by atoms with Crippen molar-refractivity contribution in [2.75, 3.05) is 0 Å². The molecular formula is C15H17N3. The Labute approximate surface area is 106 Å². The normalized spacial score (nSPS) is 11.5. The summed E-state index contributed by atoms with van der Waals surface area (Å²) in [5, 5.41) is 0. The summed E-state index contributed by atoms with van der Waals surface area (Å²) in [5.74, 6) is 0.787. The Morgan fingerprint density at radius 2 is 1.94 bits per heavy atom. The van der Waals surface area contributed by atoms with Gasteiger partial charge < -0.3 is 0 Å². The van der Waals surface area contributed by atoms with Crippen molar-refractivity contribution in [1.29, 1.82) is 0 Å². The summed E-state index contributed by atoms with van der Waals surface area (Å²) in [6.07, 6.45) is 6.30. The minimum absolute atomic E-state index is 0.787. The van der Waals surface area contributed by atoms with Crippen LogP contribution in [-0.4, -0.2) is 14.4 Å². The predicted molar refractivity (Wildman–Crippen MR) is 74.0 cm³/mol. The van der Waals surface area contributed by atoms with Crippen molar-refractivity contribution in [3.05, 3.63) is 41.2 Å². The molecule has 0 atom stereocenters. The number of hydrogen-bond donors (Lipinski definition) is 0. The Kier molecular flexibility index (Phi) is 2.54. The van der Waals surface area contributed by atoms with Gasteiger partial charge >= 0.3 is 0 Å². The van der Waals surface area contributed by atoms with E-state index >= 15 is 0 Å². The molecule has 3 nitrogen and oxygen atoms in total. The number of imidazole rings is 1. The highest BCUT2D eigenvalue weighted by molar-refractivity contribution is 5.81. The minimum Gasteiger partial charge on any atom is -0.283 e. The molecule has 0 bridgehead atoms. The zero-order chi connectivity index (χ0) is 12.7. The maximum absolute atomic E-state index is 4.57. The molecule has 3 rings (SSSR count). The number of rotatable bonds is 2. The van der Waals surface area contributed by atoms with E-state index in [9.17, 15) is 0 Å². The summed E-state index contributed by atoms with van der Waals surface area (Å²) >= 11 is 0. The lowest BCUT2D eigenvalue weighted by Crippen LogP contribution is -1.93. The smallest absolute Gasteiger partial charge is 0.234 e. The molecule has 0 fully saturated rings. The van der Waals surface area contributed by atoms with Gasteiger partial charge in [-0.05, 0) is 49.1 Å². The fourth-order valence-electron chi connectivity index (χ4n) is 2.31. The maximum Gasteiger partial charge on any atom is 0.234 e. The van der Waals surface area contributed by atoms with Gasteiger partial charge in [0.1, 0.15) is 0 Å². The third kappa shape index (κ3) is 1.67. The third-order valence-corrected chi connectivity index (χ3v) is 3.47. The lowest BCUT2D eigenvalue weighted by atomic mass is 10.1. The van der Waals surface area contributed by atoms with Gasteiger partial charge in [0.2, 0.25) is 5.78 Å². The van der Waals surface area contributed by atoms with Crippen molar-refractivity contribution in [3.63, 3.8) is 0 Å². The van der Waals surface area contributed by atoms with Gasteiger partial charge in [-0.25, -0.2) is 9.97 Å². The molecule has 0 radical (unpaired) electrons. The molecule has 18 heavy (non-hydrogen) atoms. The Bertz CT molecular complexity index is 725. The number of aryl methyl sites for hydroxylation is 3. The summed E-state index contributed by atoms with van der Waals surface area (Å²) in [6, 6.07) is 4.33. The third-order valence-electron chi connectivity index (χ3n) is 3.47. The van der Waals surface area contributed by atoms with Crippen LogP contribution in [-0.2, 0) is 6.42 Å². The molecule has 0 amide bonds. The minimum atomic E-state index is 0.787. The molecular weight excluding hydrogens is 222 g/mol. The van der Waals surface area contributed by atoms with Gasteiger partial charge in [0, 0.05) is 12.4 Å². The summed E-state index contributed by atoms with van der Waals surface area (Å²) in [7, 11) is 0. The summed E-state index contributed by atoms with van der Waals surface area (Å²) < 4.78 is 2.10. The number of fused-ring (bicyclic) bond motifs is 3. The van der Waals surface area contributed by atoms with Crippen LogP contribution in [0.2, 0.25) is 0 Å². The summed E-state index contributed by atoms with van der Waals surface area (Å²) in [4.78, 5) is 9.02. The van der Waals surface area contributed by atoms with E-state index in [1.165, 1.54) is 16.7 Å². The van der Waals surface area contributed by atoms with E-state index in [-0.39, 0.29) is 0 Å². The first-order chi connectivity index (χ1) is 8.69. The van der Waals surface area contributed by atoms with Crippen LogP contribution < -0.4 is 0 Å². The molecule has 0 N–H and O–H groups in total. The van der Waals surface area contributed by atoms with E-state index in [1.807, 2.05) is 6.20 Å². The van der Waals surface area contributed by atoms with Gasteiger partial charge in [-0.2, -0.15) is 0 Å². The molecule has 2 aromatic heterocycles. The zero-order valence-corrected chi connectivity index (χ0v) is 11.1. The number of aromatic nitrogens is 3. The molecule has 92 valence electrons. The van der Waals surface area contributed by atoms with Crippen molar-refractivity contribution in [1.82, 2.24) is 14.4 Å². The largest absolute Gasteiger partial charge is 0.283 e. The second kappa shape index (κ2) is 4.09. The molecule has 2 heterocycles. The summed E-state index contributed by atoms with van der Waals surface area (Å²) in [6.45, 7) is 6.44. The van der Waals surface area contributed by atoms with Crippen molar-refractivity contribution in [2.24, 2.45) is 0 Å². The number of benzene rings is 1. The topological polar surface area (TPSA) is 30.2 Å². The number of nitrogens with zero attached hydrogens (tertiary/aromatic N) is 3. The van der Waals surface area contributed by atoms with E-state index in [0.717, 1.165) is 29.7 Å². The average Bonchev–Trinajstić information content (AvgIpc) is 2.68. The molecule has 0 aliphatic carbocycles. The van der Waals surface area contributed by atoms with E-state index in [1.54, 1.807) is 0 Å². The van der Waals surface area contributed by atoms with E-state index in [0.29, 0.717) is 0 Å². The second-order valence-electron chi connectivity index (χ2n) is 4.92. The zero-order valence-electron chi connectivity index (χ0n) is 11.1. The molecule has 0 saturated heterocycles. The monoisotopic (exact) mass is 239 g/mol. The summed E-state index contributed by atoms with van der Waals surface area (Å²) in [5.41, 5.74) is 6.02. The standard InChI is InChI=1S/C15H17N3/c1-4-5-12-8-16-15-17-13-6-10(2)11(3)7-14(13)18(15)9-12/h6-9H,4-5H2,1-3H3. The van der Waals surface area contributed by atoms with Crippen LogP contribution in [0.25, 0.3) is 16.8 Å². The van der Waals surface area contributed by atoms with Gasteiger partial charge in [0.25, 0.3) is 0 Å². The van der Waals surface area contributed by atoms with Gasteiger partial charge in [0.15, 0.2) is 0 Å². The van der Waals surface area contributed by atoms with Crippen molar-refractivity contribution < 1.29 is 0 Å². The Morgan fingerprint density at radius 3 is 2.72 bits per heavy atom. The number of hydrogen-bond acceptors (Lipinski definition) is 2. The van der Waals surface area contributed by atoms with E-state index in [4.69, 9.17) is 0 Å². The van der Waals surface area contributed by atoms with Crippen LogP contribution in [0.4, 0.5) is 0 Å². The van der Waals surface area contributed by atoms with Crippen LogP contribution in [0.5, 0.6) is 0 Å². The first kappa shape index (κ1) is 11.2. The molecule has 0 aliphatic rings. The predicted octanol–water partition coefficient (Wildman–Crippen LogP) is 3.45. The first-order valence-electron chi connectivity index (χ1n) is 6.43. The van der Waals surface area contributed by atoms with Gasteiger partial charge in [-0.1, -0.05) is 13.3 Å². The van der Waals surface area contributed by atoms with Crippen molar-refractivity contribution in [3.8, 4) is 0 Å².